The Bertz CT molecular complexity index is 251. The zero-order valence-electron chi connectivity index (χ0n) is 11.5. The summed E-state index contributed by atoms with van der Waals surface area (Å²) in [5, 5.41) is 0. The van der Waals surface area contributed by atoms with Crippen molar-refractivity contribution in [1.29, 1.82) is 0 Å². The molecule has 1 aliphatic carbocycles. The predicted octanol–water partition coefficient (Wildman–Crippen LogP) is 2.73. The fourth-order valence-electron chi connectivity index (χ4n) is 2.56. The van der Waals surface area contributed by atoms with E-state index < -0.39 is 5.41 Å². The second-order valence-corrected chi connectivity index (χ2v) is 6.16. The van der Waals surface area contributed by atoms with Gasteiger partial charge in [-0.2, -0.15) is 0 Å². The van der Waals surface area contributed by atoms with E-state index in [1.165, 1.54) is 25.7 Å². The zero-order chi connectivity index (χ0) is 12.9. The minimum atomic E-state index is -0.435. The Kier molecular flexibility index (Phi) is 5.44. The summed E-state index contributed by atoms with van der Waals surface area (Å²) in [4.78, 5) is 11.9. The summed E-state index contributed by atoms with van der Waals surface area (Å²) < 4.78 is 5.45. The second-order valence-electron chi connectivity index (χ2n) is 6.16. The number of ether oxygens (including phenoxy) is 1. The molecule has 2 atom stereocenters. The molecule has 0 aromatic rings. The maximum Gasteiger partial charge on any atom is 0.311 e. The molecule has 0 radical (unpaired) electrons. The maximum absolute atomic E-state index is 11.9. The zero-order valence-corrected chi connectivity index (χ0v) is 11.5. The van der Waals surface area contributed by atoms with Crippen molar-refractivity contribution in [3.63, 3.8) is 0 Å². The van der Waals surface area contributed by atoms with E-state index in [9.17, 15) is 4.79 Å². The number of hydrogen-bond donors (Lipinski definition) is 1. The van der Waals surface area contributed by atoms with Gasteiger partial charge in [-0.25, -0.2) is 0 Å². The highest BCUT2D eigenvalue weighted by Crippen LogP contribution is 2.29. The number of carbonyl (C=O) groups is 1. The number of nitrogens with two attached hydrogens (primary N) is 1. The van der Waals surface area contributed by atoms with E-state index in [-0.39, 0.29) is 5.97 Å². The average Bonchev–Trinajstić information content (AvgIpc) is 2.26. The molecule has 100 valence electrons. The molecule has 3 heteroatoms. The van der Waals surface area contributed by atoms with Gasteiger partial charge in [-0.3, -0.25) is 4.79 Å². The molecule has 3 nitrogen and oxygen atoms in total. The summed E-state index contributed by atoms with van der Waals surface area (Å²) in [5.74, 6) is 1.25. The van der Waals surface area contributed by atoms with E-state index in [0.29, 0.717) is 25.5 Å². The van der Waals surface area contributed by atoms with Gasteiger partial charge in [0.05, 0.1) is 12.0 Å². The monoisotopic (exact) mass is 241 g/mol. The van der Waals surface area contributed by atoms with Gasteiger partial charge < -0.3 is 10.5 Å². The third-order valence-electron chi connectivity index (χ3n) is 3.82. The van der Waals surface area contributed by atoms with Crippen molar-refractivity contribution >= 4 is 5.97 Å². The van der Waals surface area contributed by atoms with Gasteiger partial charge >= 0.3 is 5.97 Å². The van der Waals surface area contributed by atoms with Crippen molar-refractivity contribution in [3.8, 4) is 0 Å². The van der Waals surface area contributed by atoms with Gasteiger partial charge in [0.2, 0.25) is 0 Å². The van der Waals surface area contributed by atoms with E-state index in [0.717, 1.165) is 5.92 Å². The first-order valence-corrected chi connectivity index (χ1v) is 6.83. The van der Waals surface area contributed by atoms with E-state index in [1.54, 1.807) is 0 Å². The molecular weight excluding hydrogens is 214 g/mol. The van der Waals surface area contributed by atoms with Gasteiger partial charge in [-0.15, -0.1) is 0 Å². The summed E-state index contributed by atoms with van der Waals surface area (Å²) in [7, 11) is 0. The highest BCUT2D eigenvalue weighted by Gasteiger charge is 2.29. The topological polar surface area (TPSA) is 52.3 Å². The number of esters is 1. The molecule has 0 aliphatic heterocycles. The fraction of sp³-hybridized carbons (Fsp3) is 0.929. The van der Waals surface area contributed by atoms with Gasteiger partial charge in [-0.1, -0.05) is 19.8 Å². The first-order chi connectivity index (χ1) is 7.95. The van der Waals surface area contributed by atoms with E-state index in [1.807, 2.05) is 13.8 Å². The maximum atomic E-state index is 11.9. The smallest absolute Gasteiger partial charge is 0.311 e. The highest BCUT2D eigenvalue weighted by molar-refractivity contribution is 5.75. The molecule has 0 aromatic carbocycles. The first-order valence-electron chi connectivity index (χ1n) is 6.83. The van der Waals surface area contributed by atoms with Crippen molar-refractivity contribution in [3.05, 3.63) is 0 Å². The third kappa shape index (κ3) is 4.66. The summed E-state index contributed by atoms with van der Waals surface area (Å²) in [6.45, 7) is 7.23. The van der Waals surface area contributed by atoms with Crippen LogP contribution in [0.3, 0.4) is 0 Å². The van der Waals surface area contributed by atoms with E-state index in [2.05, 4.69) is 6.92 Å². The van der Waals surface area contributed by atoms with Crippen LogP contribution in [-0.2, 0) is 9.53 Å². The standard InChI is InChI=1S/C14H27NO2/c1-11-5-4-6-12(9-11)10-17-13(16)14(2,3)7-8-15/h11-12H,4-10,15H2,1-3H3. The van der Waals surface area contributed by atoms with Crippen LogP contribution in [0.4, 0.5) is 0 Å². The molecule has 2 unspecified atom stereocenters. The molecule has 2 N–H and O–H groups in total. The Morgan fingerprint density at radius 3 is 2.71 bits per heavy atom. The lowest BCUT2D eigenvalue weighted by molar-refractivity contribution is -0.156. The van der Waals surface area contributed by atoms with Crippen molar-refractivity contribution in [2.24, 2.45) is 23.0 Å². The summed E-state index contributed by atoms with van der Waals surface area (Å²) in [6, 6.07) is 0. The van der Waals surface area contributed by atoms with Crippen LogP contribution in [-0.4, -0.2) is 19.1 Å². The van der Waals surface area contributed by atoms with Gasteiger partial charge in [0.15, 0.2) is 0 Å². The van der Waals surface area contributed by atoms with Crippen molar-refractivity contribution in [2.45, 2.75) is 52.9 Å². The largest absolute Gasteiger partial charge is 0.465 e. The van der Waals surface area contributed by atoms with Crippen LogP contribution < -0.4 is 5.73 Å². The lowest BCUT2D eigenvalue weighted by atomic mass is 9.83. The fourth-order valence-corrected chi connectivity index (χ4v) is 2.56. The molecular formula is C14H27NO2. The quantitative estimate of drug-likeness (QED) is 0.753. The summed E-state index contributed by atoms with van der Waals surface area (Å²) in [5.41, 5.74) is 5.07. The van der Waals surface area contributed by atoms with Gasteiger partial charge in [0.1, 0.15) is 0 Å². The minimum Gasteiger partial charge on any atom is -0.465 e. The molecule has 0 saturated heterocycles. The van der Waals surface area contributed by atoms with Crippen molar-refractivity contribution < 1.29 is 9.53 Å². The Balaban J connectivity index is 2.32. The number of carbonyl (C=O) groups excluding carboxylic acids is 1. The van der Waals surface area contributed by atoms with E-state index >= 15 is 0 Å². The normalized spacial score (nSPS) is 25.6. The van der Waals surface area contributed by atoms with Gasteiger partial charge in [0.25, 0.3) is 0 Å². The molecule has 1 rings (SSSR count). The molecule has 1 saturated carbocycles. The molecule has 0 bridgehead atoms. The SMILES string of the molecule is CC1CCCC(COC(=O)C(C)(C)CCN)C1. The van der Waals surface area contributed by atoms with Crippen LogP contribution in [0.15, 0.2) is 0 Å². The van der Waals surface area contributed by atoms with Crippen LogP contribution in [0.2, 0.25) is 0 Å². The van der Waals surface area contributed by atoms with Gasteiger partial charge in [0, 0.05) is 0 Å². The van der Waals surface area contributed by atoms with Crippen LogP contribution in [0, 0.1) is 17.3 Å². The Morgan fingerprint density at radius 1 is 1.41 bits per heavy atom. The van der Waals surface area contributed by atoms with Crippen LogP contribution in [0.25, 0.3) is 0 Å². The summed E-state index contributed by atoms with van der Waals surface area (Å²) in [6.07, 6.45) is 5.69. The molecule has 0 spiro atoms. The number of rotatable bonds is 5. The van der Waals surface area contributed by atoms with Crippen LogP contribution in [0.5, 0.6) is 0 Å². The highest BCUT2D eigenvalue weighted by atomic mass is 16.5. The molecule has 0 aromatic heterocycles. The molecule has 0 amide bonds. The first kappa shape index (κ1) is 14.5. The summed E-state index contributed by atoms with van der Waals surface area (Å²) >= 11 is 0. The van der Waals surface area contributed by atoms with Crippen molar-refractivity contribution in [2.75, 3.05) is 13.2 Å². The third-order valence-corrected chi connectivity index (χ3v) is 3.82. The predicted molar refractivity (Wildman–Crippen MR) is 69.5 cm³/mol. The lowest BCUT2D eigenvalue weighted by Gasteiger charge is -2.28. The van der Waals surface area contributed by atoms with Gasteiger partial charge in [-0.05, 0) is 51.5 Å². The van der Waals surface area contributed by atoms with Crippen LogP contribution >= 0.6 is 0 Å². The Hall–Kier alpha value is -0.570. The lowest BCUT2D eigenvalue weighted by Crippen LogP contribution is -2.31. The minimum absolute atomic E-state index is 0.0961. The van der Waals surface area contributed by atoms with Crippen LogP contribution in [0.1, 0.15) is 52.9 Å². The Morgan fingerprint density at radius 2 is 2.12 bits per heavy atom. The average molecular weight is 241 g/mol. The second kappa shape index (κ2) is 6.39. The molecule has 1 fully saturated rings. The molecule has 1 aliphatic rings. The van der Waals surface area contributed by atoms with Crippen molar-refractivity contribution in [1.82, 2.24) is 0 Å². The molecule has 0 heterocycles. The van der Waals surface area contributed by atoms with E-state index in [4.69, 9.17) is 10.5 Å². The number of hydrogen-bond acceptors (Lipinski definition) is 3. The molecule has 17 heavy (non-hydrogen) atoms. The Labute approximate surface area is 105 Å².